The summed E-state index contributed by atoms with van der Waals surface area (Å²) >= 11 is 0. The summed E-state index contributed by atoms with van der Waals surface area (Å²) in [5.41, 5.74) is 9.93. The number of nitrogens with one attached hydrogen (secondary N) is 2. The highest BCUT2D eigenvalue weighted by atomic mass is 16.6. The second-order valence-corrected chi connectivity index (χ2v) is 22.1. The van der Waals surface area contributed by atoms with Crippen molar-refractivity contribution in [3.63, 3.8) is 0 Å². The van der Waals surface area contributed by atoms with Gasteiger partial charge in [-0.2, -0.15) is 0 Å². The average Bonchev–Trinajstić information content (AvgIpc) is 3.62. The van der Waals surface area contributed by atoms with Gasteiger partial charge in [-0.25, -0.2) is 9.78 Å². The summed E-state index contributed by atoms with van der Waals surface area (Å²) in [4.78, 5) is 64.4. The standard InChI is InChI=1S/C56H74N10O8/c1-55(2,3)74-54(70)64-27-21-42(22-28-64)72-43-30-44(31-43)73-50-29-39(20-25-58-50)66-40-18-19-41(66)34-65(33-40)48-32-47(61-62-51(48)57)45-11-6-7-13-49(45)71-35-37-14-16-38(17-15-37)59-52(68)46(12-8-9-26-63(4)5)60-53(69)56(36-67)23-10-24-56/h6-7,11,13-17,20,25,29,32,36,40-44,46H,8-10,12,18-19,21-24,26-28,30-31,33-35H2,1-5H3,(H2,57,62)(H,59,68)(H,60,69)/t40?,41?,43-,44-,46-/m0/s1. The number of aromatic nitrogens is 3. The number of aldehydes is 1. The summed E-state index contributed by atoms with van der Waals surface area (Å²) in [5.74, 6) is 0.965. The fourth-order valence-corrected chi connectivity index (χ4v) is 10.8. The van der Waals surface area contributed by atoms with E-state index in [0.29, 0.717) is 61.2 Å². The Bertz CT molecular complexity index is 2580. The van der Waals surface area contributed by atoms with Gasteiger partial charge in [-0.05, 0) is 141 Å². The maximum Gasteiger partial charge on any atom is 0.410 e. The van der Waals surface area contributed by atoms with Gasteiger partial charge in [0.25, 0.3) is 0 Å². The Morgan fingerprint density at radius 3 is 2.31 bits per heavy atom. The molecule has 3 atom stereocenters. The molecule has 2 aromatic carbocycles. The minimum Gasteiger partial charge on any atom is -0.488 e. The fraction of sp³-hybridized carbons (Fsp3) is 0.554. The summed E-state index contributed by atoms with van der Waals surface area (Å²) in [7, 11) is 4.01. The number of pyridine rings is 1. The first-order valence-electron chi connectivity index (χ1n) is 26.6. The van der Waals surface area contributed by atoms with Crippen LogP contribution in [0.3, 0.4) is 0 Å². The van der Waals surface area contributed by atoms with E-state index in [1.165, 1.54) is 0 Å². The lowest BCUT2D eigenvalue weighted by Gasteiger charge is -2.43. The minimum absolute atomic E-state index is 0.0455. The number of hydrogen-bond acceptors (Lipinski definition) is 15. The zero-order valence-electron chi connectivity index (χ0n) is 43.7. The molecule has 18 nitrogen and oxygen atoms in total. The Hall–Kier alpha value is -6.53. The topological polar surface area (TPSA) is 207 Å². The van der Waals surface area contributed by atoms with Crippen LogP contribution in [0.4, 0.5) is 27.7 Å². The van der Waals surface area contributed by atoms with E-state index in [-0.39, 0.29) is 54.9 Å². The maximum atomic E-state index is 13.6. The molecule has 396 valence electrons. The molecule has 2 saturated carbocycles. The molecular formula is C56H74N10O8. The Balaban J connectivity index is 0.767. The molecule has 2 bridgehead atoms. The molecule has 4 aromatic rings. The number of fused-ring (bicyclic) bond motifs is 2. The van der Waals surface area contributed by atoms with Crippen molar-refractivity contribution in [3.8, 4) is 22.9 Å². The van der Waals surface area contributed by atoms with Gasteiger partial charge in [-0.3, -0.25) is 9.59 Å². The van der Waals surface area contributed by atoms with E-state index >= 15 is 0 Å². The van der Waals surface area contributed by atoms with Gasteiger partial charge in [-0.1, -0.05) is 30.7 Å². The van der Waals surface area contributed by atoms with Gasteiger partial charge in [0, 0.05) is 80.3 Å². The van der Waals surface area contributed by atoms with Crippen LogP contribution in [0.25, 0.3) is 11.3 Å². The number of nitrogens with zero attached hydrogens (tertiary/aromatic N) is 7. The maximum absolute atomic E-state index is 13.6. The number of piperidine rings is 1. The zero-order chi connectivity index (χ0) is 52.0. The van der Waals surface area contributed by atoms with E-state index in [0.717, 1.165) is 106 Å². The van der Waals surface area contributed by atoms with Crippen molar-refractivity contribution in [2.24, 2.45) is 5.41 Å². The molecule has 5 aliphatic rings. The summed E-state index contributed by atoms with van der Waals surface area (Å²) < 4.78 is 24.8. The Labute approximate surface area is 435 Å². The molecule has 5 fully saturated rings. The molecule has 3 amide bonds. The number of piperazine rings is 1. The second kappa shape index (κ2) is 22.9. The number of anilines is 4. The van der Waals surface area contributed by atoms with Crippen molar-refractivity contribution < 1.29 is 38.1 Å². The smallest absolute Gasteiger partial charge is 0.410 e. The van der Waals surface area contributed by atoms with E-state index in [1.807, 2.05) is 95.7 Å². The first kappa shape index (κ1) is 52.3. The second-order valence-electron chi connectivity index (χ2n) is 22.1. The van der Waals surface area contributed by atoms with Crippen LogP contribution in [-0.2, 0) is 30.5 Å². The molecule has 2 unspecified atom stereocenters. The van der Waals surface area contributed by atoms with Crippen molar-refractivity contribution in [2.75, 3.05) is 67.7 Å². The number of hydrogen-bond donors (Lipinski definition) is 3. The van der Waals surface area contributed by atoms with Crippen LogP contribution in [0.1, 0.15) is 103 Å². The van der Waals surface area contributed by atoms with Crippen molar-refractivity contribution in [1.29, 1.82) is 0 Å². The molecule has 74 heavy (non-hydrogen) atoms. The number of nitrogen functional groups attached to an aromatic ring is 1. The van der Waals surface area contributed by atoms with E-state index < -0.39 is 17.1 Å². The number of ether oxygens (including phenoxy) is 4. The number of rotatable bonds is 20. The highest BCUT2D eigenvalue weighted by molar-refractivity contribution is 6.02. The molecule has 5 heterocycles. The number of para-hydroxylation sites is 1. The van der Waals surface area contributed by atoms with Crippen LogP contribution >= 0.6 is 0 Å². The molecule has 4 N–H and O–H groups in total. The first-order valence-corrected chi connectivity index (χ1v) is 26.6. The highest BCUT2D eigenvalue weighted by Gasteiger charge is 2.45. The third-order valence-corrected chi connectivity index (χ3v) is 15.1. The lowest BCUT2D eigenvalue weighted by molar-refractivity contribution is -0.143. The first-order chi connectivity index (χ1) is 35.6. The van der Waals surface area contributed by atoms with E-state index in [1.54, 1.807) is 4.90 Å². The van der Waals surface area contributed by atoms with E-state index in [9.17, 15) is 19.2 Å². The number of carbonyl (C=O) groups excluding carboxylic acids is 4. The summed E-state index contributed by atoms with van der Waals surface area (Å²) in [6.45, 7) is 9.62. The van der Waals surface area contributed by atoms with E-state index in [2.05, 4.69) is 52.6 Å². The Morgan fingerprint density at radius 1 is 0.905 bits per heavy atom. The Kier molecular flexibility index (Phi) is 16.2. The predicted molar refractivity (Wildman–Crippen MR) is 283 cm³/mol. The summed E-state index contributed by atoms with van der Waals surface area (Å²) in [5, 5.41) is 14.9. The molecule has 3 saturated heterocycles. The third kappa shape index (κ3) is 12.7. The van der Waals surface area contributed by atoms with Gasteiger partial charge in [0.1, 0.15) is 41.8 Å². The van der Waals surface area contributed by atoms with Crippen molar-refractivity contribution in [1.82, 2.24) is 30.3 Å². The molecule has 9 rings (SSSR count). The number of benzene rings is 2. The summed E-state index contributed by atoms with van der Waals surface area (Å²) in [6, 6.07) is 21.1. The lowest BCUT2D eigenvalue weighted by atomic mass is 9.69. The number of nitrogens with two attached hydrogens (primary N) is 1. The van der Waals surface area contributed by atoms with Crippen LogP contribution in [0.5, 0.6) is 11.6 Å². The molecule has 2 aliphatic carbocycles. The highest BCUT2D eigenvalue weighted by Crippen LogP contribution is 2.41. The van der Waals surface area contributed by atoms with Gasteiger partial charge >= 0.3 is 6.09 Å². The largest absolute Gasteiger partial charge is 0.488 e. The van der Waals surface area contributed by atoms with Crippen LogP contribution in [0.15, 0.2) is 72.9 Å². The third-order valence-electron chi connectivity index (χ3n) is 15.1. The van der Waals surface area contributed by atoms with Gasteiger partial charge in [-0.15, -0.1) is 10.2 Å². The molecule has 2 aromatic heterocycles. The summed E-state index contributed by atoms with van der Waals surface area (Å²) in [6.07, 6.45) is 11.9. The number of carbonyl (C=O) groups is 4. The van der Waals surface area contributed by atoms with Crippen LogP contribution in [0, 0.1) is 5.41 Å². The minimum atomic E-state index is -1.03. The number of amides is 3. The Morgan fingerprint density at radius 2 is 1.64 bits per heavy atom. The SMILES string of the molecule is CN(C)CCCC[C@H](NC(=O)C1(C=O)CCC1)C(=O)Nc1ccc(COc2ccccc2-c2cc(N3CC4CCC(C3)N4c3ccnc(O[C@H]4C[C@H](OC5CCN(C(=O)OC(C)(C)C)CC5)C4)c3)c(N)nn2)cc1. The van der Waals surface area contributed by atoms with Crippen molar-refractivity contribution in [3.05, 3.63) is 78.5 Å². The lowest BCUT2D eigenvalue weighted by Crippen LogP contribution is -2.54. The molecule has 3 aliphatic heterocycles. The van der Waals surface area contributed by atoms with Gasteiger partial charge in [0.05, 0.1) is 23.6 Å². The molecule has 18 heteroatoms. The normalized spacial score (nSPS) is 21.8. The van der Waals surface area contributed by atoms with Crippen LogP contribution < -0.4 is 35.6 Å². The van der Waals surface area contributed by atoms with Crippen LogP contribution in [-0.4, -0.2) is 138 Å². The average molecular weight is 1020 g/mol. The number of likely N-dealkylation sites (tertiary alicyclic amines) is 1. The number of unbranched alkanes of at least 4 members (excludes halogenated alkanes) is 1. The molecule has 0 spiro atoms. The molecule has 0 radical (unpaired) electrons. The van der Waals surface area contributed by atoms with Crippen molar-refractivity contribution >= 4 is 47.1 Å². The fourth-order valence-electron chi connectivity index (χ4n) is 10.8. The monoisotopic (exact) mass is 1010 g/mol. The van der Waals surface area contributed by atoms with Gasteiger partial charge in [0.2, 0.25) is 17.7 Å². The molecular weight excluding hydrogens is 941 g/mol. The zero-order valence-corrected chi connectivity index (χ0v) is 43.7. The van der Waals surface area contributed by atoms with E-state index in [4.69, 9.17) is 24.7 Å². The van der Waals surface area contributed by atoms with Crippen molar-refractivity contribution in [2.45, 2.75) is 146 Å². The van der Waals surface area contributed by atoms with Crippen LogP contribution in [0.2, 0.25) is 0 Å². The van der Waals surface area contributed by atoms with Gasteiger partial charge < -0.3 is 59.7 Å². The van der Waals surface area contributed by atoms with Gasteiger partial charge in [0.15, 0.2) is 5.82 Å². The predicted octanol–water partition coefficient (Wildman–Crippen LogP) is 7.41. The quantitative estimate of drug-likeness (QED) is 0.0448.